The molecular formula is C31H35NO3. The number of hydrogen-bond acceptors (Lipinski definition) is 4. The molecule has 0 aromatic heterocycles. The average molecular weight is 470 g/mol. The van der Waals surface area contributed by atoms with E-state index in [0.29, 0.717) is 18.1 Å². The first kappa shape index (κ1) is 24.6. The van der Waals surface area contributed by atoms with Crippen molar-refractivity contribution in [3.8, 4) is 11.5 Å². The standard InChI is InChI=1S/C31H35NO3/c1-23(2)25-11-15-29(16-12-25)35-22-27-21-24(8-18-31(27)34-3)7-17-30(33)26-9-13-28(14-10-26)32-19-5-4-6-20-32/h7-18,21,23H,4-6,19-20,22H2,1-3H3/b17-7+. The highest BCUT2D eigenvalue weighted by Gasteiger charge is 2.11. The van der Waals surface area contributed by atoms with Crippen LogP contribution in [-0.2, 0) is 6.61 Å². The Morgan fingerprint density at radius 3 is 2.31 bits per heavy atom. The Morgan fingerprint density at radius 1 is 0.943 bits per heavy atom. The van der Waals surface area contributed by atoms with E-state index in [9.17, 15) is 4.79 Å². The average Bonchev–Trinajstić information content (AvgIpc) is 2.91. The largest absolute Gasteiger partial charge is 0.496 e. The Hall–Kier alpha value is -3.53. The number of carbonyl (C=O) groups is 1. The lowest BCUT2D eigenvalue weighted by molar-refractivity contribution is 0.104. The lowest BCUT2D eigenvalue weighted by Gasteiger charge is -2.28. The SMILES string of the molecule is COc1ccc(/C=C/C(=O)c2ccc(N3CCCCC3)cc2)cc1COc1ccc(C(C)C)cc1. The smallest absolute Gasteiger partial charge is 0.185 e. The van der Waals surface area contributed by atoms with Crippen LogP contribution < -0.4 is 14.4 Å². The van der Waals surface area contributed by atoms with E-state index in [2.05, 4.69) is 43.0 Å². The summed E-state index contributed by atoms with van der Waals surface area (Å²) in [5.41, 5.74) is 5.04. The van der Waals surface area contributed by atoms with Gasteiger partial charge in [-0.25, -0.2) is 0 Å². The normalized spacial score (nSPS) is 13.9. The van der Waals surface area contributed by atoms with Crippen molar-refractivity contribution >= 4 is 17.5 Å². The first-order valence-electron chi connectivity index (χ1n) is 12.5. The van der Waals surface area contributed by atoms with E-state index in [1.54, 1.807) is 13.2 Å². The van der Waals surface area contributed by atoms with Gasteiger partial charge in [-0.2, -0.15) is 0 Å². The highest BCUT2D eigenvalue weighted by atomic mass is 16.5. The molecule has 0 radical (unpaired) electrons. The lowest BCUT2D eigenvalue weighted by Crippen LogP contribution is -2.29. The van der Waals surface area contributed by atoms with Gasteiger partial charge in [-0.05, 0) is 90.9 Å². The van der Waals surface area contributed by atoms with Gasteiger partial charge < -0.3 is 14.4 Å². The Balaban J connectivity index is 1.40. The molecule has 1 saturated heterocycles. The number of hydrogen-bond donors (Lipinski definition) is 0. The molecule has 0 saturated carbocycles. The molecule has 0 spiro atoms. The minimum atomic E-state index is -0.00551. The fraction of sp³-hybridized carbons (Fsp3) is 0.323. The van der Waals surface area contributed by atoms with E-state index in [0.717, 1.165) is 35.7 Å². The van der Waals surface area contributed by atoms with Crippen molar-refractivity contribution in [2.24, 2.45) is 0 Å². The molecule has 1 fully saturated rings. The Kier molecular flexibility index (Phi) is 8.25. The van der Waals surface area contributed by atoms with E-state index < -0.39 is 0 Å². The molecule has 3 aromatic carbocycles. The fourth-order valence-corrected chi connectivity index (χ4v) is 4.38. The quantitative estimate of drug-likeness (QED) is 0.244. The molecule has 182 valence electrons. The third-order valence-corrected chi connectivity index (χ3v) is 6.55. The van der Waals surface area contributed by atoms with Crippen molar-refractivity contribution in [3.05, 3.63) is 95.1 Å². The third kappa shape index (κ3) is 6.54. The van der Waals surface area contributed by atoms with Gasteiger partial charge in [-0.1, -0.05) is 38.1 Å². The summed E-state index contributed by atoms with van der Waals surface area (Å²) in [7, 11) is 1.66. The number of rotatable bonds is 9. The van der Waals surface area contributed by atoms with Gasteiger partial charge in [0.15, 0.2) is 5.78 Å². The van der Waals surface area contributed by atoms with Gasteiger partial charge in [0.05, 0.1) is 7.11 Å². The van der Waals surface area contributed by atoms with Gasteiger partial charge in [-0.3, -0.25) is 4.79 Å². The first-order valence-corrected chi connectivity index (χ1v) is 12.5. The summed E-state index contributed by atoms with van der Waals surface area (Å²) >= 11 is 0. The maximum Gasteiger partial charge on any atom is 0.185 e. The molecule has 1 heterocycles. The predicted octanol–water partition coefficient (Wildman–Crippen LogP) is 7.28. The van der Waals surface area contributed by atoms with Gasteiger partial charge in [-0.15, -0.1) is 0 Å². The molecule has 1 aliphatic rings. The molecule has 0 aliphatic carbocycles. The minimum Gasteiger partial charge on any atom is -0.496 e. The Labute approximate surface area is 209 Å². The minimum absolute atomic E-state index is 0.00551. The number of methoxy groups -OCH3 is 1. The molecule has 4 rings (SSSR count). The molecule has 4 heteroatoms. The number of anilines is 1. The zero-order valence-electron chi connectivity index (χ0n) is 21.0. The summed E-state index contributed by atoms with van der Waals surface area (Å²) in [6.45, 7) is 6.93. The maximum absolute atomic E-state index is 12.7. The molecule has 4 nitrogen and oxygen atoms in total. The van der Waals surface area contributed by atoms with Crippen molar-refractivity contribution < 1.29 is 14.3 Å². The molecular weight excluding hydrogens is 434 g/mol. The van der Waals surface area contributed by atoms with Crippen LogP contribution in [0.15, 0.2) is 72.8 Å². The van der Waals surface area contributed by atoms with Crippen LogP contribution in [0.3, 0.4) is 0 Å². The van der Waals surface area contributed by atoms with Crippen molar-refractivity contribution in [3.63, 3.8) is 0 Å². The molecule has 0 atom stereocenters. The first-order chi connectivity index (χ1) is 17.0. The van der Waals surface area contributed by atoms with Crippen LogP contribution >= 0.6 is 0 Å². The van der Waals surface area contributed by atoms with Crippen molar-refractivity contribution in [1.82, 2.24) is 0 Å². The summed E-state index contributed by atoms with van der Waals surface area (Å²) < 4.78 is 11.5. The zero-order valence-corrected chi connectivity index (χ0v) is 21.0. The van der Waals surface area contributed by atoms with Crippen LogP contribution in [-0.4, -0.2) is 26.0 Å². The van der Waals surface area contributed by atoms with Gasteiger partial charge in [0.2, 0.25) is 0 Å². The number of benzene rings is 3. The van der Waals surface area contributed by atoms with Crippen LogP contribution in [0.2, 0.25) is 0 Å². The lowest BCUT2D eigenvalue weighted by atomic mass is 10.0. The number of nitrogens with zero attached hydrogens (tertiary/aromatic N) is 1. The molecule has 0 N–H and O–H groups in total. The highest BCUT2D eigenvalue weighted by Crippen LogP contribution is 2.25. The van der Waals surface area contributed by atoms with Crippen LogP contribution in [0.1, 0.15) is 66.1 Å². The molecule has 35 heavy (non-hydrogen) atoms. The summed E-state index contributed by atoms with van der Waals surface area (Å²) in [5.74, 6) is 2.07. The van der Waals surface area contributed by atoms with E-state index in [1.165, 1.54) is 30.5 Å². The van der Waals surface area contributed by atoms with Crippen molar-refractivity contribution in [1.29, 1.82) is 0 Å². The number of piperidine rings is 1. The van der Waals surface area contributed by atoms with Crippen LogP contribution in [0.4, 0.5) is 5.69 Å². The fourth-order valence-electron chi connectivity index (χ4n) is 4.38. The topological polar surface area (TPSA) is 38.8 Å². The Bertz CT molecular complexity index is 1140. The second-order valence-corrected chi connectivity index (χ2v) is 9.38. The van der Waals surface area contributed by atoms with Gasteiger partial charge >= 0.3 is 0 Å². The van der Waals surface area contributed by atoms with Gasteiger partial charge in [0.25, 0.3) is 0 Å². The van der Waals surface area contributed by atoms with Gasteiger partial charge in [0, 0.05) is 29.9 Å². The highest BCUT2D eigenvalue weighted by molar-refractivity contribution is 6.07. The predicted molar refractivity (Wildman–Crippen MR) is 144 cm³/mol. The van der Waals surface area contributed by atoms with Crippen LogP contribution in [0, 0.1) is 0 Å². The molecule has 0 unspecified atom stereocenters. The second kappa shape index (κ2) is 11.7. The molecule has 3 aromatic rings. The summed E-state index contributed by atoms with van der Waals surface area (Å²) in [4.78, 5) is 15.1. The molecule has 0 amide bonds. The van der Waals surface area contributed by atoms with Crippen molar-refractivity contribution in [2.45, 2.75) is 45.6 Å². The van der Waals surface area contributed by atoms with E-state index in [-0.39, 0.29) is 5.78 Å². The van der Waals surface area contributed by atoms with E-state index in [4.69, 9.17) is 9.47 Å². The van der Waals surface area contributed by atoms with Crippen LogP contribution in [0.5, 0.6) is 11.5 Å². The van der Waals surface area contributed by atoms with E-state index >= 15 is 0 Å². The third-order valence-electron chi connectivity index (χ3n) is 6.55. The number of ether oxygens (including phenoxy) is 2. The molecule has 0 bridgehead atoms. The van der Waals surface area contributed by atoms with Gasteiger partial charge in [0.1, 0.15) is 18.1 Å². The maximum atomic E-state index is 12.7. The Morgan fingerprint density at radius 2 is 1.66 bits per heavy atom. The molecule has 1 aliphatic heterocycles. The summed E-state index contributed by atoms with van der Waals surface area (Å²) in [6.07, 6.45) is 7.27. The summed E-state index contributed by atoms with van der Waals surface area (Å²) in [5, 5.41) is 0. The monoisotopic (exact) mass is 469 g/mol. The zero-order chi connectivity index (χ0) is 24.6. The van der Waals surface area contributed by atoms with E-state index in [1.807, 2.05) is 48.5 Å². The second-order valence-electron chi connectivity index (χ2n) is 9.38. The van der Waals surface area contributed by atoms with Crippen molar-refractivity contribution in [2.75, 3.05) is 25.1 Å². The number of carbonyl (C=O) groups excluding carboxylic acids is 1. The number of ketones is 1. The number of allylic oxidation sites excluding steroid dienone is 1. The van der Waals surface area contributed by atoms with Crippen LogP contribution in [0.25, 0.3) is 6.08 Å². The summed E-state index contributed by atoms with van der Waals surface area (Å²) in [6, 6.07) is 22.0.